The number of halogens is 2. The minimum absolute atomic E-state index is 0.159. The Morgan fingerprint density at radius 3 is 2.55 bits per heavy atom. The second-order valence-corrected chi connectivity index (χ2v) is 8.33. The van der Waals surface area contributed by atoms with Crippen LogP contribution in [0.15, 0.2) is 35.7 Å². The maximum Gasteiger partial charge on any atom is 0.321 e. The van der Waals surface area contributed by atoms with Crippen molar-refractivity contribution in [2.45, 2.75) is 13.0 Å². The number of hydrogen-bond donors (Lipinski definition) is 2. The molecule has 1 saturated heterocycles. The van der Waals surface area contributed by atoms with E-state index in [2.05, 4.69) is 15.5 Å². The number of nitrogens with zero attached hydrogens (tertiary/aromatic N) is 2. The number of benzene rings is 1. The molecule has 2 aromatic rings. The van der Waals surface area contributed by atoms with Gasteiger partial charge in [-0.3, -0.25) is 19.9 Å². The molecule has 0 unspecified atom stereocenters. The first-order valence-corrected chi connectivity index (χ1v) is 10.7. The van der Waals surface area contributed by atoms with Crippen molar-refractivity contribution in [3.63, 3.8) is 0 Å². The van der Waals surface area contributed by atoms with Crippen LogP contribution < -0.4 is 10.6 Å². The highest BCUT2D eigenvalue weighted by molar-refractivity contribution is 7.09. The van der Waals surface area contributed by atoms with Gasteiger partial charge in [-0.25, -0.2) is 9.18 Å². The maximum atomic E-state index is 13.9. The molecular formula is C20H24ClFN4O2S. The van der Waals surface area contributed by atoms with Crippen molar-refractivity contribution in [1.29, 1.82) is 0 Å². The summed E-state index contributed by atoms with van der Waals surface area (Å²) >= 11 is 7.73. The van der Waals surface area contributed by atoms with Gasteiger partial charge in [0.25, 0.3) is 0 Å². The van der Waals surface area contributed by atoms with Crippen LogP contribution in [0.2, 0.25) is 5.02 Å². The molecule has 1 aliphatic rings. The molecule has 6 nitrogen and oxygen atoms in total. The summed E-state index contributed by atoms with van der Waals surface area (Å²) in [6.45, 7) is 3.82. The molecule has 1 fully saturated rings. The van der Waals surface area contributed by atoms with Crippen molar-refractivity contribution in [2.75, 3.05) is 39.3 Å². The molecule has 1 aliphatic heterocycles. The van der Waals surface area contributed by atoms with Gasteiger partial charge in [0, 0.05) is 54.7 Å². The number of rotatable bonds is 7. The SMILES string of the molecule is O=C(CN1CCN(Cc2c(F)cccc2Cl)CC1)NC(=O)NCCc1cccs1. The average molecular weight is 439 g/mol. The average Bonchev–Trinajstić information content (AvgIpc) is 3.19. The molecule has 2 N–H and O–H groups in total. The van der Waals surface area contributed by atoms with Crippen molar-refractivity contribution < 1.29 is 14.0 Å². The van der Waals surface area contributed by atoms with Gasteiger partial charge in [0.15, 0.2) is 0 Å². The molecule has 0 bridgehead atoms. The van der Waals surface area contributed by atoms with E-state index in [0.717, 1.165) is 6.42 Å². The number of carbonyl (C=O) groups excluding carboxylic acids is 2. The number of carbonyl (C=O) groups is 2. The number of urea groups is 1. The Labute approximate surface area is 178 Å². The number of piperazine rings is 1. The van der Waals surface area contributed by atoms with E-state index in [-0.39, 0.29) is 18.3 Å². The van der Waals surface area contributed by atoms with E-state index in [1.807, 2.05) is 22.4 Å². The lowest BCUT2D eigenvalue weighted by Crippen LogP contribution is -2.50. The molecule has 0 aliphatic carbocycles. The monoisotopic (exact) mass is 438 g/mol. The summed E-state index contributed by atoms with van der Waals surface area (Å²) in [7, 11) is 0. The smallest absolute Gasteiger partial charge is 0.321 e. The molecule has 0 atom stereocenters. The molecule has 29 heavy (non-hydrogen) atoms. The van der Waals surface area contributed by atoms with Gasteiger partial charge in [-0.05, 0) is 30.0 Å². The summed E-state index contributed by atoms with van der Waals surface area (Å²) in [5, 5.41) is 7.48. The molecule has 1 aromatic carbocycles. The lowest BCUT2D eigenvalue weighted by Gasteiger charge is -2.34. The number of hydrogen-bond acceptors (Lipinski definition) is 5. The maximum absolute atomic E-state index is 13.9. The number of thiophene rings is 1. The lowest BCUT2D eigenvalue weighted by molar-refractivity contribution is -0.121. The Hall–Kier alpha value is -2.00. The quantitative estimate of drug-likeness (QED) is 0.697. The molecule has 156 valence electrons. The Bertz CT molecular complexity index is 806. The first-order valence-electron chi connectivity index (χ1n) is 9.49. The van der Waals surface area contributed by atoms with Crippen LogP contribution in [0.5, 0.6) is 0 Å². The molecule has 3 rings (SSSR count). The predicted octanol–water partition coefficient (Wildman–Crippen LogP) is 2.73. The highest BCUT2D eigenvalue weighted by Gasteiger charge is 2.21. The lowest BCUT2D eigenvalue weighted by atomic mass is 10.2. The molecule has 0 saturated carbocycles. The summed E-state index contributed by atoms with van der Waals surface area (Å²) in [4.78, 5) is 29.2. The number of imide groups is 1. The normalized spacial score (nSPS) is 15.2. The van der Waals surface area contributed by atoms with Crippen molar-refractivity contribution in [3.8, 4) is 0 Å². The summed E-state index contributed by atoms with van der Waals surface area (Å²) < 4.78 is 13.9. The Balaban J connectivity index is 1.34. The van der Waals surface area contributed by atoms with Crippen LogP contribution in [0.3, 0.4) is 0 Å². The third-order valence-corrected chi connectivity index (χ3v) is 6.06. The zero-order valence-electron chi connectivity index (χ0n) is 16.0. The molecule has 0 radical (unpaired) electrons. The molecule has 1 aromatic heterocycles. The summed E-state index contributed by atoms with van der Waals surface area (Å²) in [5.41, 5.74) is 0.500. The number of amides is 3. The fraction of sp³-hybridized carbons (Fsp3) is 0.400. The van der Waals surface area contributed by atoms with E-state index in [4.69, 9.17) is 11.6 Å². The van der Waals surface area contributed by atoms with Crippen LogP contribution >= 0.6 is 22.9 Å². The summed E-state index contributed by atoms with van der Waals surface area (Å²) in [6.07, 6.45) is 0.743. The minimum atomic E-state index is -0.473. The molecule has 2 heterocycles. The standard InChI is InChI=1S/C20H24ClFN4O2S/c21-17-4-1-5-18(22)16(17)13-25-8-10-26(11-9-25)14-19(27)24-20(28)23-7-6-15-3-2-12-29-15/h1-5,12H,6-11,13-14H2,(H2,23,24,27,28). The van der Waals surface area contributed by atoms with Crippen LogP contribution in [0, 0.1) is 5.82 Å². The third kappa shape index (κ3) is 6.78. The van der Waals surface area contributed by atoms with Crippen molar-refractivity contribution in [3.05, 3.63) is 57.0 Å². The topological polar surface area (TPSA) is 64.7 Å². The van der Waals surface area contributed by atoms with E-state index >= 15 is 0 Å². The van der Waals surface area contributed by atoms with Gasteiger partial charge in [-0.15, -0.1) is 11.3 Å². The Morgan fingerprint density at radius 2 is 1.86 bits per heavy atom. The van der Waals surface area contributed by atoms with Gasteiger partial charge in [-0.2, -0.15) is 0 Å². The molecule has 0 spiro atoms. The van der Waals surface area contributed by atoms with E-state index in [0.29, 0.717) is 49.9 Å². The van der Waals surface area contributed by atoms with Gasteiger partial charge < -0.3 is 5.32 Å². The van der Waals surface area contributed by atoms with E-state index in [1.54, 1.807) is 23.5 Å². The summed E-state index contributed by atoms with van der Waals surface area (Å²) in [6, 6.07) is 8.19. The Kier molecular flexibility index (Phi) is 8.00. The van der Waals surface area contributed by atoms with Crippen molar-refractivity contribution in [2.24, 2.45) is 0 Å². The van der Waals surface area contributed by atoms with Gasteiger partial charge in [0.05, 0.1) is 6.54 Å². The van der Waals surface area contributed by atoms with Crippen LogP contribution in [-0.4, -0.2) is 61.0 Å². The molecule has 9 heteroatoms. The highest BCUT2D eigenvalue weighted by atomic mass is 35.5. The van der Waals surface area contributed by atoms with E-state index < -0.39 is 6.03 Å². The van der Waals surface area contributed by atoms with Crippen LogP contribution in [0.25, 0.3) is 0 Å². The first kappa shape index (κ1) is 21.7. The van der Waals surface area contributed by atoms with E-state index in [1.165, 1.54) is 10.9 Å². The van der Waals surface area contributed by atoms with Crippen LogP contribution in [0.1, 0.15) is 10.4 Å². The number of nitrogens with one attached hydrogen (secondary N) is 2. The first-order chi connectivity index (χ1) is 14.0. The third-order valence-electron chi connectivity index (χ3n) is 4.77. The second-order valence-electron chi connectivity index (χ2n) is 6.89. The predicted molar refractivity (Wildman–Crippen MR) is 113 cm³/mol. The molecule has 3 amide bonds. The van der Waals surface area contributed by atoms with Gasteiger partial charge in [0.2, 0.25) is 5.91 Å². The van der Waals surface area contributed by atoms with Gasteiger partial charge in [0.1, 0.15) is 5.82 Å². The fourth-order valence-electron chi connectivity index (χ4n) is 3.18. The summed E-state index contributed by atoms with van der Waals surface area (Å²) in [5.74, 6) is -0.631. The zero-order chi connectivity index (χ0) is 20.6. The van der Waals surface area contributed by atoms with E-state index in [9.17, 15) is 14.0 Å². The molecular weight excluding hydrogens is 415 g/mol. The van der Waals surface area contributed by atoms with Gasteiger partial charge in [-0.1, -0.05) is 23.7 Å². The van der Waals surface area contributed by atoms with Crippen LogP contribution in [0.4, 0.5) is 9.18 Å². The van der Waals surface area contributed by atoms with Crippen LogP contribution in [-0.2, 0) is 17.8 Å². The largest absolute Gasteiger partial charge is 0.337 e. The Morgan fingerprint density at radius 1 is 1.10 bits per heavy atom. The van der Waals surface area contributed by atoms with Crippen molar-refractivity contribution >= 4 is 34.9 Å². The fourth-order valence-corrected chi connectivity index (χ4v) is 4.11. The van der Waals surface area contributed by atoms with Gasteiger partial charge >= 0.3 is 6.03 Å². The zero-order valence-corrected chi connectivity index (χ0v) is 17.6. The second kappa shape index (κ2) is 10.7. The minimum Gasteiger partial charge on any atom is -0.337 e. The highest BCUT2D eigenvalue weighted by Crippen LogP contribution is 2.21. The van der Waals surface area contributed by atoms with Crippen molar-refractivity contribution in [1.82, 2.24) is 20.4 Å².